The van der Waals surface area contributed by atoms with E-state index in [0.717, 1.165) is 12.8 Å². The van der Waals surface area contributed by atoms with Gasteiger partial charge in [0.05, 0.1) is 19.0 Å². The van der Waals surface area contributed by atoms with Gasteiger partial charge in [0.25, 0.3) is 0 Å². The van der Waals surface area contributed by atoms with Crippen molar-refractivity contribution in [1.29, 1.82) is 0 Å². The van der Waals surface area contributed by atoms with E-state index in [4.69, 9.17) is 4.74 Å². The topological polar surface area (TPSA) is 62.7 Å². The van der Waals surface area contributed by atoms with Crippen molar-refractivity contribution in [1.82, 2.24) is 9.29 Å². The van der Waals surface area contributed by atoms with Gasteiger partial charge < -0.3 is 9.64 Å². The zero-order valence-electron chi connectivity index (χ0n) is 13.9. The molecule has 0 N–H and O–H groups in total. The number of sulfonamides is 1. The molecule has 1 atom stereocenters. The van der Waals surface area contributed by atoms with Crippen LogP contribution in [0.5, 0.6) is 0 Å². The highest BCUT2D eigenvalue weighted by Crippen LogP contribution is 2.35. The molecule has 6 nitrogen and oxygen atoms in total. The maximum atomic E-state index is 14.1. The number of halogens is 1. The predicted octanol–water partition coefficient (Wildman–Crippen LogP) is 1.49. The van der Waals surface area contributed by atoms with Gasteiger partial charge in [0.2, 0.25) is 10.0 Å². The molecule has 0 aliphatic carbocycles. The van der Waals surface area contributed by atoms with E-state index < -0.39 is 10.0 Å². The number of nitrogens with zero attached hydrogens (tertiary/aromatic N) is 3. The average Bonchev–Trinajstić information content (AvgIpc) is 2.78. The molecule has 0 aromatic carbocycles. The van der Waals surface area contributed by atoms with Gasteiger partial charge >= 0.3 is 0 Å². The normalized spacial score (nSPS) is 26.5. The van der Waals surface area contributed by atoms with E-state index in [2.05, 4.69) is 4.98 Å². The predicted molar refractivity (Wildman–Crippen MR) is 89.9 cm³/mol. The van der Waals surface area contributed by atoms with Crippen LogP contribution < -0.4 is 4.90 Å². The standard InChI is InChI=1S/C16H24FN3O3S/c1-2-24(21,22)20-8-4-6-16(12-20)11-19(9-10-23-13-16)15-14(17)5-3-7-18-15/h3,5,7H,2,4,6,8-13H2,1H3/t16-/m1/s1. The first-order valence-electron chi connectivity index (χ1n) is 8.37. The van der Waals surface area contributed by atoms with Crippen molar-refractivity contribution in [2.75, 3.05) is 50.0 Å². The number of piperidine rings is 1. The molecule has 24 heavy (non-hydrogen) atoms. The molecule has 1 aromatic rings. The number of rotatable bonds is 3. The van der Waals surface area contributed by atoms with Crippen molar-refractivity contribution in [2.45, 2.75) is 19.8 Å². The lowest BCUT2D eigenvalue weighted by Crippen LogP contribution is -2.52. The molecular weight excluding hydrogens is 333 g/mol. The van der Waals surface area contributed by atoms with E-state index in [9.17, 15) is 12.8 Å². The molecule has 3 rings (SSSR count). The minimum atomic E-state index is -3.23. The summed E-state index contributed by atoms with van der Waals surface area (Å²) >= 11 is 0. The first-order chi connectivity index (χ1) is 11.5. The molecule has 2 aliphatic heterocycles. The first kappa shape index (κ1) is 17.6. The zero-order chi connectivity index (χ0) is 17.2. The summed E-state index contributed by atoms with van der Waals surface area (Å²) in [5.74, 6) is 0.0592. The Balaban J connectivity index is 1.85. The van der Waals surface area contributed by atoms with E-state index >= 15 is 0 Å². The molecule has 0 bridgehead atoms. The highest BCUT2D eigenvalue weighted by Gasteiger charge is 2.42. The summed E-state index contributed by atoms with van der Waals surface area (Å²) in [5, 5.41) is 0. The molecule has 3 heterocycles. The van der Waals surface area contributed by atoms with Crippen LogP contribution >= 0.6 is 0 Å². The molecule has 2 saturated heterocycles. The Hall–Kier alpha value is -1.25. The van der Waals surface area contributed by atoms with Gasteiger partial charge in [0.1, 0.15) is 0 Å². The second-order valence-corrected chi connectivity index (χ2v) is 8.88. The van der Waals surface area contributed by atoms with Crippen LogP contribution in [0.3, 0.4) is 0 Å². The molecule has 0 saturated carbocycles. The zero-order valence-corrected chi connectivity index (χ0v) is 14.8. The fourth-order valence-electron chi connectivity index (χ4n) is 3.61. The van der Waals surface area contributed by atoms with Crippen molar-refractivity contribution >= 4 is 15.8 Å². The van der Waals surface area contributed by atoms with Gasteiger partial charge in [-0.25, -0.2) is 22.1 Å². The molecule has 0 unspecified atom stereocenters. The number of ether oxygens (including phenoxy) is 1. The summed E-state index contributed by atoms with van der Waals surface area (Å²) in [6.45, 7) is 4.72. The SMILES string of the molecule is CCS(=O)(=O)N1CCC[C@]2(COCCN(c3ncccc3F)C2)C1. The number of aromatic nitrogens is 1. The van der Waals surface area contributed by atoms with Gasteiger partial charge in [-0.1, -0.05) is 0 Å². The fraction of sp³-hybridized carbons (Fsp3) is 0.688. The van der Waals surface area contributed by atoms with E-state index in [1.165, 1.54) is 6.07 Å². The van der Waals surface area contributed by atoms with Gasteiger partial charge in [0.15, 0.2) is 11.6 Å². The monoisotopic (exact) mass is 357 g/mol. The number of hydrogen-bond donors (Lipinski definition) is 0. The lowest BCUT2D eigenvalue weighted by molar-refractivity contribution is 0.0350. The fourth-order valence-corrected chi connectivity index (χ4v) is 4.86. The highest BCUT2D eigenvalue weighted by molar-refractivity contribution is 7.89. The lowest BCUT2D eigenvalue weighted by atomic mass is 9.81. The van der Waals surface area contributed by atoms with Gasteiger partial charge in [-0.3, -0.25) is 0 Å². The van der Waals surface area contributed by atoms with Crippen molar-refractivity contribution in [2.24, 2.45) is 5.41 Å². The van der Waals surface area contributed by atoms with Crippen molar-refractivity contribution < 1.29 is 17.5 Å². The largest absolute Gasteiger partial charge is 0.379 e. The van der Waals surface area contributed by atoms with Crippen LogP contribution in [-0.2, 0) is 14.8 Å². The molecular formula is C16H24FN3O3S. The Kier molecular flexibility index (Phi) is 5.08. The number of pyridine rings is 1. The third-order valence-corrected chi connectivity index (χ3v) is 6.69. The summed E-state index contributed by atoms with van der Waals surface area (Å²) < 4.78 is 46.0. The summed E-state index contributed by atoms with van der Waals surface area (Å²) in [4.78, 5) is 6.06. The molecule has 0 radical (unpaired) electrons. The number of anilines is 1. The lowest BCUT2D eigenvalue weighted by Gasteiger charge is -2.43. The van der Waals surface area contributed by atoms with Gasteiger partial charge in [-0.15, -0.1) is 0 Å². The van der Waals surface area contributed by atoms with Crippen LogP contribution in [0.25, 0.3) is 0 Å². The smallest absolute Gasteiger partial charge is 0.213 e. The molecule has 8 heteroatoms. The van der Waals surface area contributed by atoms with E-state index in [1.54, 1.807) is 23.5 Å². The average molecular weight is 357 g/mol. The molecule has 1 aromatic heterocycles. The summed E-state index contributed by atoms with van der Waals surface area (Å²) in [6.07, 6.45) is 3.24. The van der Waals surface area contributed by atoms with Crippen molar-refractivity contribution in [3.05, 3.63) is 24.1 Å². The minimum Gasteiger partial charge on any atom is -0.379 e. The van der Waals surface area contributed by atoms with Crippen LogP contribution in [0.1, 0.15) is 19.8 Å². The third-order valence-electron chi connectivity index (χ3n) is 4.86. The molecule has 0 amide bonds. The van der Waals surface area contributed by atoms with Gasteiger partial charge in [0, 0.05) is 37.8 Å². The highest BCUT2D eigenvalue weighted by atomic mass is 32.2. The summed E-state index contributed by atoms with van der Waals surface area (Å²) in [6, 6.07) is 2.97. The van der Waals surface area contributed by atoms with E-state index in [0.29, 0.717) is 45.2 Å². The second-order valence-electron chi connectivity index (χ2n) is 6.62. The maximum Gasteiger partial charge on any atom is 0.213 e. The maximum absolute atomic E-state index is 14.1. The Bertz CT molecular complexity index is 685. The summed E-state index contributed by atoms with van der Waals surface area (Å²) in [5.41, 5.74) is -0.319. The second kappa shape index (κ2) is 6.93. The number of hydrogen-bond acceptors (Lipinski definition) is 5. The van der Waals surface area contributed by atoms with Crippen LogP contribution in [0.2, 0.25) is 0 Å². The molecule has 2 fully saturated rings. The van der Waals surface area contributed by atoms with E-state index in [-0.39, 0.29) is 17.0 Å². The van der Waals surface area contributed by atoms with Crippen LogP contribution in [0, 0.1) is 11.2 Å². The Morgan fingerprint density at radius 2 is 2.21 bits per heavy atom. The minimum absolute atomic E-state index is 0.0997. The van der Waals surface area contributed by atoms with Crippen molar-refractivity contribution in [3.8, 4) is 0 Å². The first-order valence-corrected chi connectivity index (χ1v) is 9.98. The molecule has 134 valence electrons. The molecule has 2 aliphatic rings. The Labute approximate surface area is 142 Å². The van der Waals surface area contributed by atoms with Crippen LogP contribution in [-0.4, -0.2) is 62.9 Å². The third kappa shape index (κ3) is 3.55. The van der Waals surface area contributed by atoms with Crippen molar-refractivity contribution in [3.63, 3.8) is 0 Å². The quantitative estimate of drug-likeness (QED) is 0.820. The van der Waals surface area contributed by atoms with E-state index in [1.807, 2.05) is 4.90 Å². The summed E-state index contributed by atoms with van der Waals surface area (Å²) in [7, 11) is -3.23. The van der Waals surface area contributed by atoms with Crippen LogP contribution in [0.15, 0.2) is 18.3 Å². The van der Waals surface area contributed by atoms with Gasteiger partial charge in [-0.05, 0) is 31.9 Å². The Morgan fingerprint density at radius 1 is 1.38 bits per heavy atom. The van der Waals surface area contributed by atoms with Crippen LogP contribution in [0.4, 0.5) is 10.2 Å². The van der Waals surface area contributed by atoms with Gasteiger partial charge in [-0.2, -0.15) is 0 Å². The molecule has 1 spiro atoms. The Morgan fingerprint density at radius 3 is 2.96 bits per heavy atom.